The summed E-state index contributed by atoms with van der Waals surface area (Å²) >= 11 is 2.78. The lowest BCUT2D eigenvalue weighted by Crippen LogP contribution is -2.41. The summed E-state index contributed by atoms with van der Waals surface area (Å²) in [7, 11) is -3.20. The van der Waals surface area contributed by atoms with E-state index in [-0.39, 0.29) is 17.2 Å². The molecule has 2 heterocycles. The summed E-state index contributed by atoms with van der Waals surface area (Å²) in [6, 6.07) is 25.2. The van der Waals surface area contributed by atoms with Crippen LogP contribution in [0.25, 0.3) is 15.1 Å². The number of para-hydroxylation sites is 1. The highest BCUT2D eigenvalue weighted by molar-refractivity contribution is 8.09. The molecule has 188 valence electrons. The summed E-state index contributed by atoms with van der Waals surface area (Å²) in [5, 5.41) is 5.65. The van der Waals surface area contributed by atoms with Gasteiger partial charge >= 0.3 is 0 Å². The minimum Gasteiger partial charge on any atom is -0.347 e. The molecule has 0 spiro atoms. The van der Waals surface area contributed by atoms with Crippen LogP contribution in [-0.4, -0.2) is 42.8 Å². The Morgan fingerprint density at radius 1 is 0.892 bits per heavy atom. The van der Waals surface area contributed by atoms with E-state index in [0.717, 1.165) is 15.8 Å². The number of aromatic nitrogens is 1. The lowest BCUT2D eigenvalue weighted by Gasteiger charge is -2.18. The number of carbonyl (C=O) groups is 2. The first kappa shape index (κ1) is 25.2. The number of rotatable bonds is 7. The number of amides is 2. The molecule has 1 aliphatic heterocycles. The van der Waals surface area contributed by atoms with Crippen LogP contribution in [0.15, 0.2) is 95.0 Å². The van der Waals surface area contributed by atoms with Gasteiger partial charge in [0.05, 0.1) is 26.6 Å². The van der Waals surface area contributed by atoms with Crippen molar-refractivity contribution in [1.82, 2.24) is 15.6 Å². The number of hydrogen-bond acceptors (Lipinski definition) is 7. The van der Waals surface area contributed by atoms with Gasteiger partial charge in [0.1, 0.15) is 5.70 Å². The van der Waals surface area contributed by atoms with E-state index in [4.69, 9.17) is 4.98 Å². The lowest BCUT2D eigenvalue weighted by atomic mass is 10.1. The normalized spacial score (nSPS) is 17.2. The number of hydrogen-bond donors (Lipinski definition) is 2. The zero-order chi connectivity index (χ0) is 25.8. The second kappa shape index (κ2) is 10.9. The topological polar surface area (TPSA) is 105 Å². The Bertz CT molecular complexity index is 1550. The summed E-state index contributed by atoms with van der Waals surface area (Å²) in [5.74, 6) is -1.08. The molecule has 1 aromatic heterocycles. The zero-order valence-electron chi connectivity index (χ0n) is 19.6. The minimum atomic E-state index is -3.20. The van der Waals surface area contributed by atoms with Crippen molar-refractivity contribution in [3.05, 3.63) is 102 Å². The average Bonchev–Trinajstić information content (AvgIpc) is 3.48. The maximum Gasteiger partial charge on any atom is 0.269 e. The van der Waals surface area contributed by atoms with Crippen LogP contribution in [0.1, 0.15) is 22.3 Å². The maximum atomic E-state index is 13.6. The molecule has 7 nitrogen and oxygen atoms in total. The molecule has 1 fully saturated rings. The fraction of sp³-hybridized carbons (Fsp3) is 0.148. The number of sulfone groups is 1. The molecule has 0 radical (unpaired) electrons. The van der Waals surface area contributed by atoms with Gasteiger partial charge in [-0.3, -0.25) is 9.59 Å². The van der Waals surface area contributed by atoms with E-state index < -0.39 is 27.7 Å². The van der Waals surface area contributed by atoms with E-state index in [1.54, 1.807) is 30.3 Å². The first-order chi connectivity index (χ1) is 17.9. The largest absolute Gasteiger partial charge is 0.347 e. The molecule has 3 aromatic carbocycles. The summed E-state index contributed by atoms with van der Waals surface area (Å²) in [6.45, 7) is 0. The Hall–Kier alpha value is -3.47. The number of thioether (sulfide) groups is 1. The summed E-state index contributed by atoms with van der Waals surface area (Å²) in [6.07, 6.45) is 0.333. The van der Waals surface area contributed by atoms with Gasteiger partial charge in [-0.25, -0.2) is 13.4 Å². The van der Waals surface area contributed by atoms with Crippen LogP contribution in [0.4, 0.5) is 0 Å². The molecule has 1 aliphatic rings. The van der Waals surface area contributed by atoms with Gasteiger partial charge in [0, 0.05) is 11.6 Å². The molecule has 0 aliphatic carbocycles. The van der Waals surface area contributed by atoms with Crippen LogP contribution < -0.4 is 10.6 Å². The highest BCUT2D eigenvalue weighted by Gasteiger charge is 2.31. The number of thiazole rings is 1. The van der Waals surface area contributed by atoms with Crippen molar-refractivity contribution in [3.63, 3.8) is 0 Å². The van der Waals surface area contributed by atoms with E-state index in [1.807, 2.05) is 54.6 Å². The zero-order valence-corrected chi connectivity index (χ0v) is 22.0. The quantitative estimate of drug-likeness (QED) is 0.260. The maximum absolute atomic E-state index is 13.6. The molecule has 0 bridgehead atoms. The third-order valence-electron chi connectivity index (χ3n) is 5.80. The van der Waals surface area contributed by atoms with E-state index in [9.17, 15) is 18.0 Å². The molecule has 1 unspecified atom stereocenters. The Labute approximate surface area is 222 Å². The molecule has 0 saturated carbocycles. The molecule has 5 rings (SSSR count). The van der Waals surface area contributed by atoms with Gasteiger partial charge in [0.2, 0.25) is 0 Å². The molecule has 1 saturated heterocycles. The molecule has 2 N–H and O–H groups in total. The van der Waals surface area contributed by atoms with Crippen LogP contribution in [0, 0.1) is 0 Å². The Balaban J connectivity index is 1.58. The minimum absolute atomic E-state index is 0.0271. The number of benzene rings is 3. The third kappa shape index (κ3) is 6.10. The van der Waals surface area contributed by atoms with Crippen molar-refractivity contribution in [2.45, 2.75) is 16.8 Å². The van der Waals surface area contributed by atoms with Gasteiger partial charge in [-0.2, -0.15) is 0 Å². The van der Waals surface area contributed by atoms with Crippen molar-refractivity contribution in [1.29, 1.82) is 0 Å². The highest BCUT2D eigenvalue weighted by Crippen LogP contribution is 2.40. The monoisotopic (exact) mass is 549 g/mol. The van der Waals surface area contributed by atoms with Crippen LogP contribution in [0.2, 0.25) is 0 Å². The number of nitrogens with one attached hydrogen (secondary N) is 2. The predicted octanol–water partition coefficient (Wildman–Crippen LogP) is 4.49. The number of fused-ring (bicyclic) bond motifs is 1. The second-order valence-electron chi connectivity index (χ2n) is 8.51. The second-order valence-corrected chi connectivity index (χ2v) is 13.0. The molecule has 2 amide bonds. The summed E-state index contributed by atoms with van der Waals surface area (Å²) in [4.78, 5) is 32.0. The van der Waals surface area contributed by atoms with Crippen LogP contribution >= 0.6 is 23.1 Å². The van der Waals surface area contributed by atoms with Gasteiger partial charge in [-0.05, 0) is 36.2 Å². The molecule has 10 heteroatoms. The highest BCUT2D eigenvalue weighted by atomic mass is 32.2. The Morgan fingerprint density at radius 2 is 1.54 bits per heavy atom. The van der Waals surface area contributed by atoms with Crippen molar-refractivity contribution < 1.29 is 18.0 Å². The van der Waals surface area contributed by atoms with Gasteiger partial charge in [0.15, 0.2) is 14.2 Å². The van der Waals surface area contributed by atoms with Gasteiger partial charge in [-0.1, -0.05) is 72.4 Å². The Kier molecular flexibility index (Phi) is 7.40. The van der Waals surface area contributed by atoms with E-state index in [0.29, 0.717) is 21.2 Å². The van der Waals surface area contributed by atoms with Gasteiger partial charge in [-0.15, -0.1) is 11.3 Å². The molecular formula is C27H23N3O4S3. The van der Waals surface area contributed by atoms with Crippen LogP contribution in [-0.2, 0) is 14.6 Å². The average molecular weight is 550 g/mol. The molecule has 1 atom stereocenters. The summed E-state index contributed by atoms with van der Waals surface area (Å²) in [5.41, 5.74) is 2.02. The van der Waals surface area contributed by atoms with Crippen molar-refractivity contribution in [2.24, 2.45) is 0 Å². The van der Waals surface area contributed by atoms with Gasteiger partial charge in [0.25, 0.3) is 11.8 Å². The SMILES string of the molecule is O=C(NC1CCS(=O)(=O)C1)C(NC(=O)c1ccccc1)=C(Sc1nc2ccccc2s1)c1ccccc1. The predicted molar refractivity (Wildman–Crippen MR) is 148 cm³/mol. The van der Waals surface area contributed by atoms with Crippen molar-refractivity contribution in [2.75, 3.05) is 11.5 Å². The molecule has 37 heavy (non-hydrogen) atoms. The first-order valence-corrected chi connectivity index (χ1v) is 15.0. The molecular weight excluding hydrogens is 527 g/mol. The number of nitrogens with zero attached hydrogens (tertiary/aromatic N) is 1. The molecule has 4 aromatic rings. The van der Waals surface area contributed by atoms with E-state index in [2.05, 4.69) is 10.6 Å². The van der Waals surface area contributed by atoms with E-state index >= 15 is 0 Å². The van der Waals surface area contributed by atoms with Crippen LogP contribution in [0.3, 0.4) is 0 Å². The first-order valence-electron chi connectivity index (χ1n) is 11.6. The smallest absolute Gasteiger partial charge is 0.269 e. The Morgan fingerprint density at radius 3 is 2.19 bits per heavy atom. The lowest BCUT2D eigenvalue weighted by molar-refractivity contribution is -0.118. The third-order valence-corrected chi connectivity index (χ3v) is 9.80. The number of carbonyl (C=O) groups excluding carboxylic acids is 2. The van der Waals surface area contributed by atoms with Crippen LogP contribution in [0.5, 0.6) is 0 Å². The van der Waals surface area contributed by atoms with E-state index in [1.165, 1.54) is 23.1 Å². The fourth-order valence-electron chi connectivity index (χ4n) is 3.98. The fourth-order valence-corrected chi connectivity index (χ4v) is 7.86. The standard InChI is InChI=1S/C27H23N3O4S3/c31-25(19-11-5-2-6-12-19)30-23(26(32)28-20-15-16-37(33,34)17-20)24(18-9-3-1-4-10-18)36-27-29-21-13-7-8-14-22(21)35-27/h1-14,20H,15-17H2,(H,28,32)(H,30,31). The van der Waals surface area contributed by atoms with Crippen molar-refractivity contribution in [3.8, 4) is 0 Å². The summed E-state index contributed by atoms with van der Waals surface area (Å²) < 4.78 is 25.7. The van der Waals surface area contributed by atoms with Gasteiger partial charge < -0.3 is 10.6 Å². The van der Waals surface area contributed by atoms with Crippen molar-refractivity contribution >= 4 is 59.9 Å².